The van der Waals surface area contributed by atoms with Gasteiger partial charge in [0.25, 0.3) is 11.9 Å². The second kappa shape index (κ2) is 7.87. The van der Waals surface area contributed by atoms with Crippen molar-refractivity contribution in [2.45, 2.75) is 20.8 Å². The van der Waals surface area contributed by atoms with Crippen molar-refractivity contribution in [3.05, 3.63) is 48.2 Å². The third-order valence-electron chi connectivity index (χ3n) is 3.86. The first-order chi connectivity index (χ1) is 13.4. The van der Waals surface area contributed by atoms with Gasteiger partial charge in [-0.15, -0.1) is 0 Å². The van der Waals surface area contributed by atoms with Crippen molar-refractivity contribution in [3.63, 3.8) is 0 Å². The second-order valence-corrected chi connectivity index (χ2v) is 5.98. The van der Waals surface area contributed by atoms with Crippen LogP contribution in [0, 0.1) is 6.92 Å². The summed E-state index contributed by atoms with van der Waals surface area (Å²) in [5.41, 5.74) is 1.83. The largest absolute Gasteiger partial charge is 0.492 e. The minimum absolute atomic E-state index is 0.0630. The minimum atomic E-state index is -0.499. The van der Waals surface area contributed by atoms with Gasteiger partial charge in [0.2, 0.25) is 0 Å². The minimum Gasteiger partial charge on any atom is -0.492 e. The number of aliphatic imine (C=N–C) groups is 2. The lowest BCUT2D eigenvalue weighted by molar-refractivity contribution is -0.113. The Morgan fingerprint density at radius 3 is 2.68 bits per heavy atom. The number of carbonyl (C=O) groups is 2. The fourth-order valence-corrected chi connectivity index (χ4v) is 2.51. The number of urea groups is 1. The van der Waals surface area contributed by atoms with Crippen LogP contribution < -0.4 is 15.4 Å². The number of hydrogen-bond donors (Lipinski definition) is 2. The highest BCUT2D eigenvalue weighted by atomic mass is 16.5. The van der Waals surface area contributed by atoms with E-state index >= 15 is 0 Å². The number of amides is 3. The molecule has 0 spiro atoms. The number of ether oxygens (including phenoxy) is 1. The van der Waals surface area contributed by atoms with E-state index in [1.54, 1.807) is 38.1 Å². The van der Waals surface area contributed by atoms with Crippen LogP contribution in [0.15, 0.2) is 52.5 Å². The average Bonchev–Trinajstić information content (AvgIpc) is 3.01. The summed E-state index contributed by atoms with van der Waals surface area (Å²) in [5, 5.41) is 9.70. The molecule has 0 atom stereocenters. The number of anilines is 2. The standard InChI is InChI=1S/C19H20N6O3/c1-5-28-15-9-7-6-8-14(15)21-19(27)22-16-10-11(2)24-25(16)18-20-13(4)12(3)17(26)23-18/h6-10H,3,5H2,1-2,4H3,(H2,21,22,27). The molecule has 2 heterocycles. The van der Waals surface area contributed by atoms with Gasteiger partial charge in [-0.1, -0.05) is 18.7 Å². The third kappa shape index (κ3) is 3.98. The van der Waals surface area contributed by atoms with Crippen LogP contribution in [0.3, 0.4) is 0 Å². The SMILES string of the molecule is C=C1C(=O)N=C(n2nc(C)cc2NC(=O)Nc2ccccc2OCC)N=C1C. The number of nitrogens with one attached hydrogen (secondary N) is 2. The molecule has 0 radical (unpaired) electrons. The van der Waals surface area contributed by atoms with Gasteiger partial charge < -0.3 is 10.1 Å². The van der Waals surface area contributed by atoms with E-state index in [0.717, 1.165) is 0 Å². The number of aromatic nitrogens is 2. The quantitative estimate of drug-likeness (QED) is 0.795. The predicted molar refractivity (Wildman–Crippen MR) is 107 cm³/mol. The van der Waals surface area contributed by atoms with Gasteiger partial charge in [-0.3, -0.25) is 10.1 Å². The van der Waals surface area contributed by atoms with Gasteiger partial charge >= 0.3 is 6.03 Å². The first-order valence-electron chi connectivity index (χ1n) is 8.63. The Hall–Kier alpha value is -3.75. The average molecular weight is 380 g/mol. The Morgan fingerprint density at radius 1 is 1.21 bits per heavy atom. The highest BCUT2D eigenvalue weighted by Crippen LogP contribution is 2.24. The molecular formula is C19H20N6O3. The topological polar surface area (TPSA) is 110 Å². The molecule has 1 aromatic heterocycles. The van der Waals surface area contributed by atoms with Gasteiger partial charge in [-0.05, 0) is 32.9 Å². The van der Waals surface area contributed by atoms with E-state index in [1.165, 1.54) is 4.68 Å². The Kier molecular flexibility index (Phi) is 5.35. The normalized spacial score (nSPS) is 13.7. The highest BCUT2D eigenvalue weighted by molar-refractivity contribution is 6.27. The van der Waals surface area contributed by atoms with Crippen LogP contribution in [-0.4, -0.2) is 40.0 Å². The number of carbonyl (C=O) groups excluding carboxylic acids is 2. The molecule has 9 nitrogen and oxygen atoms in total. The molecule has 1 aliphatic heterocycles. The second-order valence-electron chi connectivity index (χ2n) is 5.98. The number of hydrogen-bond acceptors (Lipinski definition) is 5. The molecule has 1 aliphatic rings. The molecule has 0 aliphatic carbocycles. The van der Waals surface area contributed by atoms with Crippen molar-refractivity contribution < 1.29 is 14.3 Å². The summed E-state index contributed by atoms with van der Waals surface area (Å²) in [6, 6.07) is 8.26. The maximum Gasteiger partial charge on any atom is 0.324 e. The van der Waals surface area contributed by atoms with Crippen LogP contribution >= 0.6 is 0 Å². The smallest absolute Gasteiger partial charge is 0.324 e. The Balaban J connectivity index is 1.83. The maximum absolute atomic E-state index is 12.5. The molecule has 3 rings (SSSR count). The maximum atomic E-state index is 12.5. The zero-order chi connectivity index (χ0) is 20.3. The number of nitrogens with zero attached hydrogens (tertiary/aromatic N) is 4. The van der Waals surface area contributed by atoms with Crippen LogP contribution in [-0.2, 0) is 4.79 Å². The molecule has 28 heavy (non-hydrogen) atoms. The Bertz CT molecular complexity index is 1020. The lowest BCUT2D eigenvalue weighted by atomic mass is 10.2. The molecule has 0 saturated carbocycles. The van der Waals surface area contributed by atoms with E-state index in [4.69, 9.17) is 4.74 Å². The van der Waals surface area contributed by atoms with Crippen LogP contribution in [0.2, 0.25) is 0 Å². The molecule has 144 valence electrons. The Morgan fingerprint density at radius 2 is 1.96 bits per heavy atom. The van der Waals surface area contributed by atoms with Crippen molar-refractivity contribution in [1.82, 2.24) is 9.78 Å². The fourth-order valence-electron chi connectivity index (χ4n) is 2.51. The summed E-state index contributed by atoms with van der Waals surface area (Å²) in [6.45, 7) is 9.40. The number of para-hydroxylation sites is 2. The van der Waals surface area contributed by atoms with Crippen LogP contribution in [0.5, 0.6) is 5.75 Å². The van der Waals surface area contributed by atoms with Crippen LogP contribution in [0.25, 0.3) is 0 Å². The molecule has 2 aromatic rings. The van der Waals surface area contributed by atoms with Gasteiger partial charge in [0, 0.05) is 6.07 Å². The first-order valence-corrected chi connectivity index (χ1v) is 8.63. The summed E-state index contributed by atoms with van der Waals surface area (Å²) in [7, 11) is 0. The Labute approximate surface area is 161 Å². The van der Waals surface area contributed by atoms with Gasteiger partial charge in [0.1, 0.15) is 11.6 Å². The molecule has 0 bridgehead atoms. The predicted octanol–water partition coefficient (Wildman–Crippen LogP) is 3.00. The van der Waals surface area contributed by atoms with Crippen LogP contribution in [0.1, 0.15) is 19.5 Å². The van der Waals surface area contributed by atoms with E-state index < -0.39 is 11.9 Å². The van der Waals surface area contributed by atoms with Gasteiger partial charge in [-0.25, -0.2) is 9.79 Å². The van der Waals surface area contributed by atoms with Crippen molar-refractivity contribution in [1.29, 1.82) is 0 Å². The fraction of sp³-hybridized carbons (Fsp3) is 0.211. The van der Waals surface area contributed by atoms with Crippen molar-refractivity contribution in [2.75, 3.05) is 17.2 Å². The number of benzene rings is 1. The first kappa shape index (κ1) is 19.0. The van der Waals surface area contributed by atoms with Gasteiger partial charge in [0.05, 0.1) is 29.3 Å². The van der Waals surface area contributed by atoms with Gasteiger partial charge in [0.15, 0.2) is 0 Å². The van der Waals surface area contributed by atoms with Crippen LogP contribution in [0.4, 0.5) is 16.3 Å². The molecule has 3 amide bonds. The lowest BCUT2D eigenvalue weighted by Gasteiger charge is -2.14. The molecule has 1 aromatic carbocycles. The highest BCUT2D eigenvalue weighted by Gasteiger charge is 2.21. The van der Waals surface area contributed by atoms with E-state index in [9.17, 15) is 9.59 Å². The summed E-state index contributed by atoms with van der Waals surface area (Å²) >= 11 is 0. The summed E-state index contributed by atoms with van der Waals surface area (Å²) < 4.78 is 6.80. The van der Waals surface area contributed by atoms with Crippen molar-refractivity contribution in [3.8, 4) is 5.75 Å². The van der Waals surface area contributed by atoms with E-state index in [1.807, 2.05) is 13.0 Å². The molecule has 2 N–H and O–H groups in total. The molecular weight excluding hydrogens is 360 g/mol. The van der Waals surface area contributed by atoms with E-state index in [-0.39, 0.29) is 11.5 Å². The molecule has 0 unspecified atom stereocenters. The molecule has 0 fully saturated rings. The zero-order valence-electron chi connectivity index (χ0n) is 15.8. The monoisotopic (exact) mass is 380 g/mol. The van der Waals surface area contributed by atoms with Gasteiger partial charge in [-0.2, -0.15) is 14.8 Å². The van der Waals surface area contributed by atoms with Crippen molar-refractivity contribution >= 4 is 35.1 Å². The lowest BCUT2D eigenvalue weighted by Crippen LogP contribution is -2.27. The number of aryl methyl sites for hydroxylation is 1. The zero-order valence-corrected chi connectivity index (χ0v) is 15.8. The molecule has 9 heteroatoms. The third-order valence-corrected chi connectivity index (χ3v) is 3.86. The summed E-state index contributed by atoms with van der Waals surface area (Å²) in [5.74, 6) is 0.454. The van der Waals surface area contributed by atoms with E-state index in [2.05, 4.69) is 32.3 Å². The van der Waals surface area contributed by atoms with Crippen molar-refractivity contribution in [2.24, 2.45) is 9.98 Å². The summed E-state index contributed by atoms with van der Waals surface area (Å²) in [6.07, 6.45) is 0. The molecule has 0 saturated heterocycles. The van der Waals surface area contributed by atoms with E-state index in [0.29, 0.717) is 35.3 Å². The number of rotatable bonds is 4. The summed E-state index contributed by atoms with van der Waals surface area (Å²) in [4.78, 5) is 32.6.